The molecule has 0 spiro atoms. The summed E-state index contributed by atoms with van der Waals surface area (Å²) in [5.41, 5.74) is 8.78. The zero-order chi connectivity index (χ0) is 15.1. The number of carboxylic acid groups (broad SMARTS) is 2. The van der Waals surface area contributed by atoms with Gasteiger partial charge in [-0.2, -0.15) is 0 Å². The Kier molecular flexibility index (Phi) is 6.41. The van der Waals surface area contributed by atoms with Gasteiger partial charge in [0.05, 0.1) is 0 Å². The number of aryl methyl sites for hydroxylation is 1. The molecule has 0 saturated heterocycles. The van der Waals surface area contributed by atoms with Crippen LogP contribution in [0, 0.1) is 0 Å². The van der Waals surface area contributed by atoms with Crippen molar-refractivity contribution in [1.82, 2.24) is 0 Å². The van der Waals surface area contributed by atoms with E-state index < -0.39 is 11.9 Å². The zero-order valence-electron chi connectivity index (χ0n) is 10.8. The zero-order valence-corrected chi connectivity index (χ0v) is 12.3. The van der Waals surface area contributed by atoms with Gasteiger partial charge < -0.3 is 15.9 Å². The molecule has 2 rings (SSSR count). The number of nitrogens with two attached hydrogens (primary N) is 1. The van der Waals surface area contributed by atoms with Gasteiger partial charge >= 0.3 is 11.9 Å². The molecule has 6 heteroatoms. The summed E-state index contributed by atoms with van der Waals surface area (Å²) in [6.45, 7) is 0. The van der Waals surface area contributed by atoms with E-state index in [0.29, 0.717) is 18.2 Å². The monoisotopic (exact) mass is 341 g/mol. The van der Waals surface area contributed by atoms with Gasteiger partial charge in [0.1, 0.15) is 0 Å². The topological polar surface area (TPSA) is 101 Å². The molecule has 0 aromatic heterocycles. The quantitative estimate of drug-likeness (QED) is 0.714. The molecule has 0 heterocycles. The van der Waals surface area contributed by atoms with E-state index in [1.807, 2.05) is 0 Å². The van der Waals surface area contributed by atoms with Crippen molar-refractivity contribution in [2.45, 2.75) is 25.3 Å². The summed E-state index contributed by atoms with van der Waals surface area (Å²) in [7, 11) is 0. The molecule has 0 radical (unpaired) electrons. The molecule has 1 aliphatic carbocycles. The smallest absolute Gasteiger partial charge is 0.328 e. The number of carboxylic acids is 2. The van der Waals surface area contributed by atoms with Gasteiger partial charge in [-0.1, -0.05) is 22.0 Å². The van der Waals surface area contributed by atoms with Gasteiger partial charge in [-0.05, 0) is 42.5 Å². The number of hydrogen-bond acceptors (Lipinski definition) is 3. The fourth-order valence-corrected chi connectivity index (χ4v) is 2.30. The van der Waals surface area contributed by atoms with Crippen LogP contribution in [0.5, 0.6) is 0 Å². The SMILES string of the molecule is N[C@@H]1CCc2ccc(Br)cc2C1.O=C(O)/C=C\C(=O)O. The predicted octanol–water partition coefficient (Wildman–Crippen LogP) is 1.98. The van der Waals surface area contributed by atoms with Crippen LogP contribution in [0.4, 0.5) is 0 Å². The van der Waals surface area contributed by atoms with Gasteiger partial charge in [-0.3, -0.25) is 0 Å². The van der Waals surface area contributed by atoms with Crippen molar-refractivity contribution in [3.05, 3.63) is 46.0 Å². The van der Waals surface area contributed by atoms with E-state index in [4.69, 9.17) is 15.9 Å². The summed E-state index contributed by atoms with van der Waals surface area (Å²) in [4.78, 5) is 19.1. The lowest BCUT2D eigenvalue weighted by atomic mass is 9.89. The van der Waals surface area contributed by atoms with Crippen LogP contribution < -0.4 is 5.73 Å². The van der Waals surface area contributed by atoms with E-state index in [2.05, 4.69) is 34.1 Å². The Labute approximate surface area is 125 Å². The van der Waals surface area contributed by atoms with E-state index in [1.165, 1.54) is 11.1 Å². The molecule has 1 aromatic rings. The molecular formula is C14H16BrNO4. The fourth-order valence-electron chi connectivity index (χ4n) is 1.90. The fraction of sp³-hybridized carbons (Fsp3) is 0.286. The molecule has 1 aromatic carbocycles. The molecule has 20 heavy (non-hydrogen) atoms. The second-order valence-electron chi connectivity index (χ2n) is 4.43. The Balaban J connectivity index is 0.000000221. The standard InChI is InChI=1S/C10H12BrN.C4H4O4/c11-9-3-1-7-2-4-10(12)6-8(7)5-9;5-3(6)1-2-4(7)8/h1,3,5,10H,2,4,6,12H2;1-2H,(H,5,6)(H,7,8)/b;2-1-/t10-;/m1./s1. The summed E-state index contributed by atoms with van der Waals surface area (Å²) in [5.74, 6) is -2.51. The normalized spacial score (nSPS) is 17.0. The van der Waals surface area contributed by atoms with Crippen LogP contribution >= 0.6 is 15.9 Å². The lowest BCUT2D eigenvalue weighted by Gasteiger charge is -2.21. The van der Waals surface area contributed by atoms with Gasteiger partial charge in [-0.25, -0.2) is 9.59 Å². The van der Waals surface area contributed by atoms with Gasteiger partial charge in [0, 0.05) is 22.7 Å². The summed E-state index contributed by atoms with van der Waals surface area (Å²) in [6, 6.07) is 6.86. The van der Waals surface area contributed by atoms with Crippen LogP contribution in [0.25, 0.3) is 0 Å². The van der Waals surface area contributed by atoms with E-state index >= 15 is 0 Å². The summed E-state index contributed by atoms with van der Waals surface area (Å²) >= 11 is 3.47. The lowest BCUT2D eigenvalue weighted by Crippen LogP contribution is -2.27. The number of aliphatic carboxylic acids is 2. The van der Waals surface area contributed by atoms with Crippen molar-refractivity contribution in [3.63, 3.8) is 0 Å². The third-order valence-electron chi connectivity index (χ3n) is 2.80. The number of hydrogen-bond donors (Lipinski definition) is 3. The average Bonchev–Trinajstić information content (AvgIpc) is 2.36. The summed E-state index contributed by atoms with van der Waals surface area (Å²) < 4.78 is 1.16. The van der Waals surface area contributed by atoms with Crippen LogP contribution in [0.15, 0.2) is 34.8 Å². The van der Waals surface area contributed by atoms with Crippen molar-refractivity contribution >= 4 is 27.9 Å². The van der Waals surface area contributed by atoms with Crippen LogP contribution in [-0.2, 0) is 22.4 Å². The number of fused-ring (bicyclic) bond motifs is 1. The highest BCUT2D eigenvalue weighted by atomic mass is 79.9. The van der Waals surface area contributed by atoms with Crippen molar-refractivity contribution < 1.29 is 19.8 Å². The Morgan fingerprint density at radius 1 is 1.20 bits per heavy atom. The van der Waals surface area contributed by atoms with Crippen LogP contribution in [0.1, 0.15) is 17.5 Å². The minimum atomic E-state index is -1.26. The van der Waals surface area contributed by atoms with Crippen molar-refractivity contribution in [2.75, 3.05) is 0 Å². The Morgan fingerprint density at radius 3 is 2.35 bits per heavy atom. The Hall–Kier alpha value is -1.66. The van der Waals surface area contributed by atoms with Crippen molar-refractivity contribution in [3.8, 4) is 0 Å². The highest BCUT2D eigenvalue weighted by Gasteiger charge is 2.14. The van der Waals surface area contributed by atoms with E-state index in [9.17, 15) is 9.59 Å². The molecule has 5 nitrogen and oxygen atoms in total. The molecule has 1 atom stereocenters. The number of carbonyl (C=O) groups is 2. The largest absolute Gasteiger partial charge is 0.478 e. The molecule has 1 aliphatic rings. The molecule has 0 saturated carbocycles. The Bertz CT molecular complexity index is 512. The molecule has 0 unspecified atom stereocenters. The maximum Gasteiger partial charge on any atom is 0.328 e. The first kappa shape index (κ1) is 16.4. The second-order valence-corrected chi connectivity index (χ2v) is 5.34. The Morgan fingerprint density at radius 2 is 1.80 bits per heavy atom. The van der Waals surface area contributed by atoms with Crippen molar-refractivity contribution in [1.29, 1.82) is 0 Å². The predicted molar refractivity (Wildman–Crippen MR) is 78.6 cm³/mol. The van der Waals surface area contributed by atoms with Gasteiger partial charge in [0.2, 0.25) is 0 Å². The first-order valence-electron chi connectivity index (χ1n) is 6.05. The highest BCUT2D eigenvalue weighted by Crippen LogP contribution is 2.23. The minimum absolute atomic E-state index is 0.367. The molecule has 0 bridgehead atoms. The van der Waals surface area contributed by atoms with Crippen LogP contribution in [-0.4, -0.2) is 28.2 Å². The molecular weight excluding hydrogens is 326 g/mol. The molecule has 0 fully saturated rings. The number of halogens is 1. The van der Waals surface area contributed by atoms with Crippen LogP contribution in [0.3, 0.4) is 0 Å². The van der Waals surface area contributed by atoms with Gasteiger partial charge in [0.15, 0.2) is 0 Å². The molecule has 108 valence electrons. The third kappa shape index (κ3) is 5.99. The maximum absolute atomic E-state index is 9.55. The highest BCUT2D eigenvalue weighted by molar-refractivity contribution is 9.10. The first-order valence-corrected chi connectivity index (χ1v) is 6.84. The van der Waals surface area contributed by atoms with Gasteiger partial charge in [-0.15, -0.1) is 0 Å². The second kappa shape index (κ2) is 7.81. The maximum atomic E-state index is 9.55. The van der Waals surface area contributed by atoms with E-state index in [-0.39, 0.29) is 0 Å². The lowest BCUT2D eigenvalue weighted by molar-refractivity contribution is -0.134. The number of rotatable bonds is 2. The average molecular weight is 342 g/mol. The summed E-state index contributed by atoms with van der Waals surface area (Å²) in [6.07, 6.45) is 4.43. The third-order valence-corrected chi connectivity index (χ3v) is 3.30. The van der Waals surface area contributed by atoms with Crippen molar-refractivity contribution in [2.24, 2.45) is 5.73 Å². The van der Waals surface area contributed by atoms with E-state index in [0.717, 1.165) is 23.7 Å². The first-order chi connectivity index (χ1) is 9.38. The van der Waals surface area contributed by atoms with Crippen LogP contribution in [0.2, 0.25) is 0 Å². The molecule has 0 amide bonds. The van der Waals surface area contributed by atoms with Gasteiger partial charge in [0.25, 0.3) is 0 Å². The molecule has 0 aliphatic heterocycles. The molecule has 4 N–H and O–H groups in total. The van der Waals surface area contributed by atoms with E-state index in [1.54, 1.807) is 0 Å². The summed E-state index contributed by atoms with van der Waals surface area (Å²) in [5, 5.41) is 15.6. The minimum Gasteiger partial charge on any atom is -0.478 e. The number of benzene rings is 1.